The smallest absolute Gasteiger partial charge is 0.323 e. The molecule has 1 spiro atoms. The zero-order chi connectivity index (χ0) is 24.6. The standard InChI is InChI=1S/C23H27N5O5S2/c1-32-20-18-19(17(13-24-20)15-4-3-5-16(12-15)27-35(2,30)31)34-21(25-18)26-22(29)28-9-6-23(14-28)7-10-33-11-8-23/h3-5,12-13,27H,6-11,14H2,1-2H3,(H,25,26,29). The van der Waals surface area contributed by atoms with Crippen molar-refractivity contribution in [3.8, 4) is 17.0 Å². The molecule has 2 N–H and O–H groups in total. The van der Waals surface area contributed by atoms with E-state index in [-0.39, 0.29) is 11.4 Å². The minimum atomic E-state index is -3.41. The number of hydrogen-bond acceptors (Lipinski definition) is 8. The fraction of sp³-hybridized carbons (Fsp3) is 0.435. The zero-order valence-electron chi connectivity index (χ0n) is 19.5. The third-order valence-corrected chi connectivity index (χ3v) is 8.16. The van der Waals surface area contributed by atoms with E-state index in [0.717, 1.165) is 61.1 Å². The molecule has 2 aliphatic heterocycles. The second kappa shape index (κ2) is 9.25. The van der Waals surface area contributed by atoms with Gasteiger partial charge in [0.15, 0.2) is 5.13 Å². The fourth-order valence-corrected chi connectivity index (χ4v) is 6.29. The fourth-order valence-electron chi connectivity index (χ4n) is 4.75. The topological polar surface area (TPSA) is 123 Å². The Morgan fingerprint density at radius 1 is 1.26 bits per heavy atom. The number of sulfonamides is 1. The first-order valence-electron chi connectivity index (χ1n) is 11.3. The molecular formula is C23H27N5O5S2. The lowest BCUT2D eigenvalue weighted by atomic mass is 9.80. The number of pyridine rings is 1. The van der Waals surface area contributed by atoms with E-state index in [2.05, 4.69) is 20.0 Å². The highest BCUT2D eigenvalue weighted by Crippen LogP contribution is 2.41. The molecule has 0 atom stereocenters. The average molecular weight is 518 g/mol. The van der Waals surface area contributed by atoms with Crippen LogP contribution in [0.25, 0.3) is 21.3 Å². The van der Waals surface area contributed by atoms with E-state index in [4.69, 9.17) is 9.47 Å². The lowest BCUT2D eigenvalue weighted by Crippen LogP contribution is -2.37. The van der Waals surface area contributed by atoms with Crippen LogP contribution in [0.1, 0.15) is 19.3 Å². The van der Waals surface area contributed by atoms with Crippen molar-refractivity contribution in [1.82, 2.24) is 14.9 Å². The van der Waals surface area contributed by atoms with Crippen molar-refractivity contribution in [2.24, 2.45) is 5.41 Å². The summed E-state index contributed by atoms with van der Waals surface area (Å²) >= 11 is 1.33. The van der Waals surface area contributed by atoms with E-state index in [1.807, 2.05) is 11.0 Å². The molecule has 0 aliphatic carbocycles. The Labute approximate surface area is 207 Å². The van der Waals surface area contributed by atoms with Crippen LogP contribution in [0.4, 0.5) is 15.6 Å². The van der Waals surface area contributed by atoms with E-state index in [0.29, 0.717) is 28.8 Å². The Bertz CT molecular complexity index is 1370. The Morgan fingerprint density at radius 2 is 2.06 bits per heavy atom. The minimum Gasteiger partial charge on any atom is -0.479 e. The Morgan fingerprint density at radius 3 is 2.80 bits per heavy atom. The molecule has 0 radical (unpaired) electrons. The van der Waals surface area contributed by atoms with Crippen LogP contribution in [-0.2, 0) is 14.8 Å². The molecule has 1 aromatic carbocycles. The summed E-state index contributed by atoms with van der Waals surface area (Å²) in [5, 5.41) is 3.41. The largest absolute Gasteiger partial charge is 0.479 e. The van der Waals surface area contributed by atoms with Gasteiger partial charge in [0, 0.05) is 43.8 Å². The predicted molar refractivity (Wildman–Crippen MR) is 136 cm³/mol. The third-order valence-electron chi connectivity index (χ3n) is 6.55. The molecule has 2 amide bonds. The molecule has 186 valence electrons. The average Bonchev–Trinajstić information content (AvgIpc) is 3.42. The van der Waals surface area contributed by atoms with Gasteiger partial charge in [-0.3, -0.25) is 10.0 Å². The van der Waals surface area contributed by atoms with Crippen molar-refractivity contribution in [3.05, 3.63) is 30.5 Å². The van der Waals surface area contributed by atoms with E-state index in [9.17, 15) is 13.2 Å². The zero-order valence-corrected chi connectivity index (χ0v) is 21.2. The maximum absolute atomic E-state index is 13.0. The van der Waals surface area contributed by atoms with Crippen molar-refractivity contribution in [2.75, 3.05) is 49.7 Å². The predicted octanol–water partition coefficient (Wildman–Crippen LogP) is 3.77. The first kappa shape index (κ1) is 23.8. The summed E-state index contributed by atoms with van der Waals surface area (Å²) in [6, 6.07) is 6.88. The molecule has 5 rings (SSSR count). The van der Waals surface area contributed by atoms with Crippen LogP contribution in [0.5, 0.6) is 5.88 Å². The number of hydrogen-bond donors (Lipinski definition) is 2. The van der Waals surface area contributed by atoms with Crippen LogP contribution in [-0.4, -0.2) is 69.0 Å². The third kappa shape index (κ3) is 5.04. The van der Waals surface area contributed by atoms with E-state index < -0.39 is 10.0 Å². The van der Waals surface area contributed by atoms with E-state index in [1.165, 1.54) is 18.4 Å². The highest BCUT2D eigenvalue weighted by atomic mass is 32.2. The van der Waals surface area contributed by atoms with Crippen molar-refractivity contribution in [2.45, 2.75) is 19.3 Å². The SMILES string of the molecule is COc1ncc(-c2cccc(NS(C)(=O)=O)c2)c2sc(NC(=O)N3CCC4(CCOCC4)C3)nc12. The van der Waals surface area contributed by atoms with Gasteiger partial charge in [-0.2, -0.15) is 0 Å². The van der Waals surface area contributed by atoms with Gasteiger partial charge >= 0.3 is 6.03 Å². The summed E-state index contributed by atoms with van der Waals surface area (Å²) in [4.78, 5) is 23.9. The molecule has 2 saturated heterocycles. The summed E-state index contributed by atoms with van der Waals surface area (Å²) in [5.74, 6) is 0.355. The van der Waals surface area contributed by atoms with E-state index >= 15 is 0 Å². The molecule has 2 aliphatic rings. The molecule has 4 heterocycles. The summed E-state index contributed by atoms with van der Waals surface area (Å²) in [6.07, 6.45) is 5.73. The monoisotopic (exact) mass is 517 g/mol. The molecule has 0 bridgehead atoms. The number of methoxy groups -OCH3 is 1. The molecule has 3 aromatic rings. The van der Waals surface area contributed by atoms with Crippen molar-refractivity contribution in [3.63, 3.8) is 0 Å². The molecular weight excluding hydrogens is 490 g/mol. The number of fused-ring (bicyclic) bond motifs is 1. The van der Waals surface area contributed by atoms with Gasteiger partial charge < -0.3 is 14.4 Å². The Kier molecular flexibility index (Phi) is 6.28. The number of aromatic nitrogens is 2. The number of likely N-dealkylation sites (tertiary alicyclic amines) is 1. The Hall–Kier alpha value is -2.96. The van der Waals surface area contributed by atoms with Crippen LogP contribution in [0.15, 0.2) is 30.5 Å². The quantitative estimate of drug-likeness (QED) is 0.528. The van der Waals surface area contributed by atoms with Crippen LogP contribution in [0, 0.1) is 5.41 Å². The van der Waals surface area contributed by atoms with Gasteiger partial charge in [-0.05, 0) is 42.4 Å². The lowest BCUT2D eigenvalue weighted by molar-refractivity contribution is 0.0211. The molecule has 2 aromatic heterocycles. The number of nitrogens with zero attached hydrogens (tertiary/aromatic N) is 3. The maximum atomic E-state index is 13.0. The van der Waals surface area contributed by atoms with Gasteiger partial charge in [0.1, 0.15) is 5.52 Å². The molecule has 0 saturated carbocycles. The summed E-state index contributed by atoms with van der Waals surface area (Å²) in [6.45, 7) is 2.95. The summed E-state index contributed by atoms with van der Waals surface area (Å²) in [7, 11) is -1.89. The first-order valence-corrected chi connectivity index (χ1v) is 14.0. The highest BCUT2D eigenvalue weighted by molar-refractivity contribution is 7.92. The van der Waals surface area contributed by atoms with Gasteiger partial charge in [0.05, 0.1) is 18.1 Å². The maximum Gasteiger partial charge on any atom is 0.323 e. The van der Waals surface area contributed by atoms with Crippen LogP contribution in [0.2, 0.25) is 0 Å². The van der Waals surface area contributed by atoms with Gasteiger partial charge in [-0.15, -0.1) is 0 Å². The van der Waals surface area contributed by atoms with Crippen molar-refractivity contribution >= 4 is 48.4 Å². The molecule has 12 heteroatoms. The lowest BCUT2D eigenvalue weighted by Gasteiger charge is -2.33. The first-order chi connectivity index (χ1) is 16.8. The number of urea groups is 1. The summed E-state index contributed by atoms with van der Waals surface area (Å²) < 4.78 is 37.5. The van der Waals surface area contributed by atoms with Gasteiger partial charge in [-0.1, -0.05) is 23.5 Å². The number of nitrogens with one attached hydrogen (secondary N) is 2. The molecule has 35 heavy (non-hydrogen) atoms. The number of ether oxygens (including phenoxy) is 2. The van der Waals surface area contributed by atoms with E-state index in [1.54, 1.807) is 24.4 Å². The summed E-state index contributed by atoms with van der Waals surface area (Å²) in [5.41, 5.74) is 2.67. The van der Waals surface area contributed by atoms with Crippen molar-refractivity contribution in [1.29, 1.82) is 0 Å². The second-order valence-electron chi connectivity index (χ2n) is 9.05. The number of carbonyl (C=O) groups excluding carboxylic acids is 1. The van der Waals surface area contributed by atoms with Crippen LogP contribution >= 0.6 is 11.3 Å². The molecule has 2 fully saturated rings. The second-order valence-corrected chi connectivity index (χ2v) is 11.8. The van der Waals surface area contributed by atoms with Crippen LogP contribution < -0.4 is 14.8 Å². The minimum absolute atomic E-state index is 0.161. The number of benzene rings is 1. The molecule has 10 nitrogen and oxygen atoms in total. The number of anilines is 2. The number of rotatable bonds is 5. The number of carbonyl (C=O) groups is 1. The van der Waals surface area contributed by atoms with Gasteiger partial charge in [-0.25, -0.2) is 23.2 Å². The van der Waals surface area contributed by atoms with Gasteiger partial charge in [0.25, 0.3) is 0 Å². The highest BCUT2D eigenvalue weighted by Gasteiger charge is 2.41. The van der Waals surface area contributed by atoms with Crippen molar-refractivity contribution < 1.29 is 22.7 Å². The van der Waals surface area contributed by atoms with Crippen LogP contribution in [0.3, 0.4) is 0 Å². The normalized spacial score (nSPS) is 17.6. The Balaban J connectivity index is 1.42. The number of amides is 2. The van der Waals surface area contributed by atoms with Gasteiger partial charge in [0.2, 0.25) is 15.9 Å². The number of thiazole rings is 1. The molecule has 0 unspecified atom stereocenters.